The summed E-state index contributed by atoms with van der Waals surface area (Å²) in [4.78, 5) is 103. The predicted octanol–water partition coefficient (Wildman–Crippen LogP) is 5.95. The van der Waals surface area contributed by atoms with E-state index in [-0.39, 0.29) is 146 Å². The van der Waals surface area contributed by atoms with Crippen LogP contribution in [0.1, 0.15) is 146 Å². The number of hydrogen-bond acceptors (Lipinski definition) is 26. The van der Waals surface area contributed by atoms with Crippen molar-refractivity contribution >= 4 is 46.6 Å². The van der Waals surface area contributed by atoms with Gasteiger partial charge in [-0.2, -0.15) is 0 Å². The molecule has 0 bridgehead atoms. The van der Waals surface area contributed by atoms with Crippen LogP contribution in [0, 0.1) is 50.7 Å². The lowest BCUT2D eigenvalue weighted by molar-refractivity contribution is 0.0972. The molecule has 8 N–H and O–H groups in total. The maximum absolute atomic E-state index is 14.3. The van der Waals surface area contributed by atoms with Crippen molar-refractivity contribution in [3.63, 3.8) is 0 Å². The molecule has 650 valence electrons. The normalized spacial score (nSPS) is 24.6. The zero-order valence-corrected chi connectivity index (χ0v) is 70.6. The van der Waals surface area contributed by atoms with Crippen LogP contribution in [0.15, 0.2) is 118 Å². The number of nitrogens with two attached hydrogens (primary N) is 4. The van der Waals surface area contributed by atoms with Gasteiger partial charge in [0.2, 0.25) is 29.7 Å². The predicted molar refractivity (Wildman–Crippen MR) is 454 cm³/mol. The highest BCUT2D eigenvalue weighted by molar-refractivity contribution is 6.17. The summed E-state index contributed by atoms with van der Waals surface area (Å²) in [5.74, 6) is -0.00535. The summed E-state index contributed by atoms with van der Waals surface area (Å²) in [6.07, 6.45) is 9.10. The largest absolute Gasteiger partial charge is 0.481 e. The molecule has 12 aliphatic rings. The Bertz CT molecular complexity index is 5840. The van der Waals surface area contributed by atoms with Gasteiger partial charge in [-0.1, -0.05) is 12.1 Å². The van der Waals surface area contributed by atoms with Crippen molar-refractivity contribution in [2.24, 2.45) is 92.8 Å². The lowest BCUT2D eigenvalue weighted by Crippen LogP contribution is -2.51. The summed E-state index contributed by atoms with van der Waals surface area (Å²) >= 11 is 0. The van der Waals surface area contributed by atoms with Crippen LogP contribution in [0.3, 0.4) is 0 Å². The Morgan fingerprint density at radius 1 is 0.382 bits per heavy atom. The molecule has 8 fully saturated rings. The minimum atomic E-state index is -0.710. The van der Waals surface area contributed by atoms with E-state index in [0.717, 1.165) is 139 Å². The first-order valence-corrected chi connectivity index (χ1v) is 42.2. The molecule has 3 aromatic carbocycles. The van der Waals surface area contributed by atoms with E-state index < -0.39 is 23.3 Å². The number of benzene rings is 3. The van der Waals surface area contributed by atoms with Crippen LogP contribution < -0.4 is 69.5 Å². The Balaban J connectivity index is 0.000000116. The van der Waals surface area contributed by atoms with Crippen molar-refractivity contribution in [2.45, 2.75) is 154 Å². The zero-order valence-electron chi connectivity index (χ0n) is 70.6. The van der Waals surface area contributed by atoms with E-state index in [1.165, 1.54) is 27.3 Å². The Labute approximate surface area is 706 Å². The number of hydrogen-bond donors (Lipinski definition) is 4. The van der Waals surface area contributed by atoms with Crippen LogP contribution in [-0.4, -0.2) is 201 Å². The fraction of sp³-hybridized carbons (Fsp3) is 0.511. The van der Waals surface area contributed by atoms with Crippen molar-refractivity contribution in [3.8, 4) is 5.88 Å². The molecule has 30 nitrogen and oxygen atoms in total. The third kappa shape index (κ3) is 15.1. The Morgan fingerprint density at radius 3 is 1.02 bits per heavy atom. The molecule has 8 atom stereocenters. The lowest BCUT2D eigenvalue weighted by atomic mass is 9.73. The van der Waals surface area contributed by atoms with Crippen LogP contribution >= 0.6 is 0 Å². The van der Waals surface area contributed by atoms with Crippen LogP contribution in [-0.2, 0) is 73.3 Å². The minimum absolute atomic E-state index is 0.00331. The molecule has 17 heterocycles. The van der Waals surface area contributed by atoms with E-state index in [2.05, 4.69) is 44.6 Å². The van der Waals surface area contributed by atoms with Crippen LogP contribution in [0.5, 0.6) is 5.88 Å². The summed E-state index contributed by atoms with van der Waals surface area (Å²) in [5, 5.41) is 0. The maximum atomic E-state index is 14.3. The van der Waals surface area contributed by atoms with Crippen LogP contribution in [0.2, 0.25) is 0 Å². The highest BCUT2D eigenvalue weighted by atomic mass is 19.1. The number of methoxy groups -OCH3 is 1. The molecule has 0 saturated carbocycles. The molecule has 35 heteroatoms. The average molecular weight is 1690 g/mol. The molecule has 123 heavy (non-hydrogen) atoms. The summed E-state index contributed by atoms with van der Waals surface area (Å²) in [6.45, 7) is 17.9. The molecule has 0 unspecified atom stereocenters. The van der Waals surface area contributed by atoms with E-state index in [0.29, 0.717) is 113 Å². The number of ether oxygens (including phenoxy) is 5. The van der Waals surface area contributed by atoms with Crippen molar-refractivity contribution in [1.29, 1.82) is 0 Å². The van der Waals surface area contributed by atoms with E-state index in [4.69, 9.17) is 66.6 Å². The molecule has 8 saturated heterocycles. The molecule has 0 radical (unpaired) electrons. The molecular weight excluding hydrogens is 1590 g/mol. The van der Waals surface area contributed by atoms with Gasteiger partial charge in [0, 0.05) is 167 Å². The second kappa shape index (κ2) is 33.1. The summed E-state index contributed by atoms with van der Waals surface area (Å²) in [7, 11) is 8.40. The van der Waals surface area contributed by atoms with Gasteiger partial charge in [-0.3, -0.25) is 57.4 Å². The molecule has 20 rings (SSSR count). The first kappa shape index (κ1) is 84.5. The van der Waals surface area contributed by atoms with Crippen LogP contribution in [0.4, 0.5) is 45.7 Å². The Hall–Kier alpha value is -10.7. The topological polar surface area (TPSA) is 365 Å². The number of pyridine rings is 1. The first-order valence-electron chi connectivity index (χ1n) is 42.2. The first-order chi connectivity index (χ1) is 58.9. The van der Waals surface area contributed by atoms with Gasteiger partial charge in [0.1, 0.15) is 29.1 Å². The third-order valence-corrected chi connectivity index (χ3v) is 28.1. The monoisotopic (exact) mass is 1690 g/mol. The smallest absolute Gasteiger partial charge is 0.264 e. The van der Waals surface area contributed by atoms with E-state index in [9.17, 15) is 41.1 Å². The number of aliphatic imine (C=N–C) groups is 4. The number of nitrogens with zero attached hydrogens (tertiary/aromatic N) is 17. The summed E-state index contributed by atoms with van der Waals surface area (Å²) in [5.41, 5.74) is 31.5. The van der Waals surface area contributed by atoms with Gasteiger partial charge in [0.05, 0.1) is 152 Å². The van der Waals surface area contributed by atoms with Crippen molar-refractivity contribution in [2.75, 3.05) is 105 Å². The van der Waals surface area contributed by atoms with Gasteiger partial charge in [-0.05, 0) is 128 Å². The third-order valence-electron chi connectivity index (χ3n) is 28.1. The Morgan fingerprint density at radius 2 is 0.699 bits per heavy atom. The molecule has 8 aromatic rings. The Kier molecular flexibility index (Phi) is 22.8. The SMILES string of the molecule is COc1ccc(C2=NCc3nc(N4CCC5(CC4)CO[C@@H](C)[C@H]5N)n(C)c(=O)c32)cn1.C[C@@H]1OCC2(CCN(c3nc4c(c(=O)n3C)C(c3cc(F)cc(F)c3)=NC4)CC2)[C@@H]1N.C[C@@H]1OCC2(CCN(c3nc4c(c(=O)n3C)C(c3cc(F)ccc3F)=NC4)CC2)[C@@H]1N.C[C@@H]1OCC2(CCN(c3nc4c(c(=O)n3C)C(c3ccccc3F)=NC4)CC2)[C@@H]1N. The van der Waals surface area contributed by atoms with E-state index >= 15 is 0 Å². The van der Waals surface area contributed by atoms with E-state index in [1.807, 2.05) is 33.8 Å². The van der Waals surface area contributed by atoms with Crippen LogP contribution in [0.25, 0.3) is 0 Å². The number of anilines is 4. The quantitative estimate of drug-likeness (QED) is 0.121. The van der Waals surface area contributed by atoms with Gasteiger partial charge in [0.25, 0.3) is 22.2 Å². The fourth-order valence-corrected chi connectivity index (χ4v) is 20.1. The number of piperidine rings is 4. The molecular formula is C88H104F5N21O9. The second-order valence-corrected chi connectivity index (χ2v) is 35.0. The van der Waals surface area contributed by atoms with Gasteiger partial charge < -0.3 is 66.2 Å². The number of rotatable bonds is 9. The van der Waals surface area contributed by atoms with E-state index in [1.54, 1.807) is 74.9 Å². The van der Waals surface area contributed by atoms with Gasteiger partial charge in [0.15, 0.2) is 0 Å². The van der Waals surface area contributed by atoms with Crippen molar-refractivity contribution in [1.82, 2.24) is 43.2 Å². The summed E-state index contributed by atoms with van der Waals surface area (Å²) < 4.78 is 104. The molecule has 4 spiro atoms. The average Bonchev–Trinajstić information content (AvgIpc) is 1.65. The standard InChI is InChI=1S/2C22H25F2N5O2.C22H26FN5O2.C22H28N6O3/c1-12-19(25)22(11-31-12)3-5-29(6-4-22)21-27-16-10-26-18(17(16)20(30)28(21)2)13-7-14(23)9-15(24)8-13;1-12-19(25)22(11-31-12)5-7-29(8-6-22)21-27-16-10-26-18(17(16)20(30)28(21)2)14-9-13(23)3-4-15(14)24;1-13-19(24)22(12-30-13)7-9-28(10-8-22)21-26-16-11-25-18(17(16)20(29)27(21)2)14-5-3-4-6-15(14)23;1-13-19(23)22(12-31-13)6-8-28(9-7-22)21-26-15-11-25-18(17(15)20(29)27(21)2)14-4-5-16(30-3)24-10-14/h7-9,12,19H,3-6,10-11,25H2,1-2H3;3-4,9,12,19H,5-8,10-11,25H2,1-2H3;3-6,13,19H,7-12,24H2,1-2H3;4-5,10,13,19H,6-9,11-12,23H2,1-3H3/t2*12-,19+;2*13-,19+/m0000/s1. The van der Waals surface area contributed by atoms with Gasteiger partial charge in [-0.25, -0.2) is 46.9 Å². The summed E-state index contributed by atoms with van der Waals surface area (Å²) in [6, 6.07) is 16.4. The highest BCUT2D eigenvalue weighted by Gasteiger charge is 2.52. The molecule has 12 aliphatic heterocycles. The van der Waals surface area contributed by atoms with Crippen molar-refractivity contribution in [3.05, 3.63) is 217 Å². The van der Waals surface area contributed by atoms with Gasteiger partial charge >= 0.3 is 0 Å². The maximum Gasteiger partial charge on any atom is 0.264 e. The number of fused-ring (bicyclic) bond motifs is 4. The van der Waals surface area contributed by atoms with Gasteiger partial charge in [-0.15, -0.1) is 0 Å². The lowest BCUT2D eigenvalue weighted by Gasteiger charge is -2.41. The molecule has 0 amide bonds. The number of halogens is 5. The minimum Gasteiger partial charge on any atom is -0.481 e. The number of aromatic nitrogens is 9. The van der Waals surface area contributed by atoms with Crippen molar-refractivity contribution < 1.29 is 45.6 Å². The molecule has 5 aromatic heterocycles. The highest BCUT2D eigenvalue weighted by Crippen LogP contribution is 2.47. The fourth-order valence-electron chi connectivity index (χ4n) is 20.1. The second-order valence-electron chi connectivity index (χ2n) is 35.0. The zero-order chi connectivity index (χ0) is 86.6. The molecule has 0 aliphatic carbocycles.